The van der Waals surface area contributed by atoms with Crippen molar-refractivity contribution in [3.05, 3.63) is 66.2 Å². The van der Waals surface area contributed by atoms with Crippen LogP contribution in [-0.4, -0.2) is 39.9 Å². The van der Waals surface area contributed by atoms with Gasteiger partial charge in [0.15, 0.2) is 23.9 Å². The summed E-state index contributed by atoms with van der Waals surface area (Å²) in [6.45, 7) is -0.226. The predicted molar refractivity (Wildman–Crippen MR) is 88.5 cm³/mol. The fourth-order valence-electron chi connectivity index (χ4n) is 2.46. The number of ether oxygens (including phenoxy) is 3. The van der Waals surface area contributed by atoms with E-state index in [1.54, 1.807) is 53.5 Å². The lowest BCUT2D eigenvalue weighted by molar-refractivity contribution is 0.0474. The van der Waals surface area contributed by atoms with Gasteiger partial charge in [0.2, 0.25) is 6.79 Å². The second-order valence-corrected chi connectivity index (χ2v) is 5.45. The zero-order valence-electron chi connectivity index (χ0n) is 13.5. The van der Waals surface area contributed by atoms with E-state index in [1.807, 2.05) is 0 Å². The van der Waals surface area contributed by atoms with Crippen LogP contribution in [0.1, 0.15) is 20.7 Å². The fourth-order valence-corrected chi connectivity index (χ4v) is 2.46. The first-order valence-electron chi connectivity index (χ1n) is 7.76. The average molecular weight is 351 g/mol. The van der Waals surface area contributed by atoms with Crippen LogP contribution < -0.4 is 9.47 Å². The number of aromatic nitrogens is 3. The Morgan fingerprint density at radius 3 is 2.58 bits per heavy atom. The van der Waals surface area contributed by atoms with Crippen LogP contribution in [0, 0.1) is 0 Å². The molecule has 0 amide bonds. The van der Waals surface area contributed by atoms with Gasteiger partial charge in [-0.3, -0.25) is 4.79 Å². The Morgan fingerprint density at radius 2 is 1.81 bits per heavy atom. The van der Waals surface area contributed by atoms with E-state index in [0.717, 1.165) is 5.69 Å². The van der Waals surface area contributed by atoms with Crippen molar-refractivity contribution in [3.63, 3.8) is 0 Å². The van der Waals surface area contributed by atoms with Crippen molar-refractivity contribution in [1.82, 2.24) is 14.8 Å². The molecule has 8 nitrogen and oxygen atoms in total. The van der Waals surface area contributed by atoms with E-state index < -0.39 is 5.97 Å². The number of hydrogen-bond acceptors (Lipinski definition) is 7. The van der Waals surface area contributed by atoms with Gasteiger partial charge < -0.3 is 14.2 Å². The number of esters is 1. The molecule has 2 heterocycles. The standard InChI is InChI=1S/C18H13N3O5/c22-15(13-3-6-16-17(7-13)26-11-25-16)8-24-18(23)12-1-4-14(5-2-12)21-10-19-9-20-21/h1-7,9-10H,8,11H2. The van der Waals surface area contributed by atoms with Crippen molar-refractivity contribution in [3.8, 4) is 17.2 Å². The third-order valence-electron chi connectivity index (χ3n) is 3.82. The predicted octanol–water partition coefficient (Wildman–Crippen LogP) is 2.04. The molecule has 0 N–H and O–H groups in total. The van der Waals surface area contributed by atoms with E-state index in [2.05, 4.69) is 10.1 Å². The number of carbonyl (C=O) groups is 2. The molecule has 0 saturated heterocycles. The second kappa shape index (κ2) is 6.67. The van der Waals surface area contributed by atoms with Crippen molar-refractivity contribution in [2.75, 3.05) is 13.4 Å². The van der Waals surface area contributed by atoms with E-state index in [-0.39, 0.29) is 19.2 Å². The van der Waals surface area contributed by atoms with Gasteiger partial charge in [-0.15, -0.1) is 0 Å². The average Bonchev–Trinajstić information content (AvgIpc) is 3.37. The topological polar surface area (TPSA) is 92.5 Å². The third-order valence-corrected chi connectivity index (χ3v) is 3.82. The smallest absolute Gasteiger partial charge is 0.338 e. The Morgan fingerprint density at radius 1 is 1.04 bits per heavy atom. The van der Waals surface area contributed by atoms with Crippen LogP contribution in [0.15, 0.2) is 55.1 Å². The van der Waals surface area contributed by atoms with Crippen molar-refractivity contribution in [1.29, 1.82) is 0 Å². The molecule has 0 atom stereocenters. The van der Waals surface area contributed by atoms with Crippen LogP contribution in [0.2, 0.25) is 0 Å². The molecule has 0 spiro atoms. The lowest BCUT2D eigenvalue weighted by atomic mass is 10.1. The van der Waals surface area contributed by atoms with E-state index >= 15 is 0 Å². The van der Waals surface area contributed by atoms with Crippen molar-refractivity contribution in [2.45, 2.75) is 0 Å². The number of rotatable bonds is 5. The molecule has 0 fully saturated rings. The van der Waals surface area contributed by atoms with Crippen molar-refractivity contribution >= 4 is 11.8 Å². The first-order chi connectivity index (χ1) is 12.7. The van der Waals surface area contributed by atoms with Gasteiger partial charge in [0.05, 0.1) is 11.3 Å². The summed E-state index contributed by atoms with van der Waals surface area (Å²) < 4.78 is 17.1. The molecule has 3 aromatic rings. The zero-order chi connectivity index (χ0) is 17.9. The highest BCUT2D eigenvalue weighted by molar-refractivity contribution is 5.99. The molecule has 1 aromatic heterocycles. The maximum absolute atomic E-state index is 12.2. The van der Waals surface area contributed by atoms with Crippen LogP contribution in [0.3, 0.4) is 0 Å². The molecule has 0 aliphatic carbocycles. The van der Waals surface area contributed by atoms with E-state index in [1.165, 1.54) is 6.33 Å². The van der Waals surface area contributed by atoms with Gasteiger partial charge in [0.1, 0.15) is 12.7 Å². The molecule has 2 aromatic carbocycles. The zero-order valence-corrected chi connectivity index (χ0v) is 13.5. The maximum Gasteiger partial charge on any atom is 0.338 e. The van der Waals surface area contributed by atoms with Crippen LogP contribution in [0.5, 0.6) is 11.5 Å². The highest BCUT2D eigenvalue weighted by Crippen LogP contribution is 2.32. The lowest BCUT2D eigenvalue weighted by Crippen LogP contribution is -2.14. The maximum atomic E-state index is 12.2. The van der Waals surface area contributed by atoms with E-state index in [9.17, 15) is 9.59 Å². The lowest BCUT2D eigenvalue weighted by Gasteiger charge is -2.06. The van der Waals surface area contributed by atoms with Crippen LogP contribution >= 0.6 is 0 Å². The Labute approximate surface area is 147 Å². The highest BCUT2D eigenvalue weighted by Gasteiger charge is 2.17. The van der Waals surface area contributed by atoms with Gasteiger partial charge in [-0.2, -0.15) is 5.10 Å². The molecule has 1 aliphatic heterocycles. The van der Waals surface area contributed by atoms with E-state index in [4.69, 9.17) is 14.2 Å². The SMILES string of the molecule is O=C(COC(=O)c1ccc(-n2cncn2)cc1)c1ccc2c(c1)OCO2. The molecule has 8 heteroatoms. The molecule has 0 unspecified atom stereocenters. The number of Topliss-reactive ketones (excluding diaryl/α,β-unsaturated/α-hetero) is 1. The summed E-state index contributed by atoms with van der Waals surface area (Å²) in [5, 5.41) is 4.00. The Bertz CT molecular complexity index is 951. The van der Waals surface area contributed by atoms with Gasteiger partial charge >= 0.3 is 5.97 Å². The van der Waals surface area contributed by atoms with Crippen LogP contribution in [-0.2, 0) is 4.74 Å². The highest BCUT2D eigenvalue weighted by atomic mass is 16.7. The van der Waals surface area contributed by atoms with Gasteiger partial charge in [-0.25, -0.2) is 14.5 Å². The van der Waals surface area contributed by atoms with Crippen molar-refractivity contribution in [2.24, 2.45) is 0 Å². The summed E-state index contributed by atoms with van der Waals surface area (Å²) in [5.41, 5.74) is 1.49. The Balaban J connectivity index is 1.38. The molecule has 130 valence electrons. The summed E-state index contributed by atoms with van der Waals surface area (Å²) in [7, 11) is 0. The summed E-state index contributed by atoms with van der Waals surface area (Å²) in [6, 6.07) is 11.5. The minimum Gasteiger partial charge on any atom is -0.454 e. The first kappa shape index (κ1) is 15.8. The van der Waals surface area contributed by atoms with Gasteiger partial charge in [-0.1, -0.05) is 0 Å². The fraction of sp³-hybridized carbons (Fsp3) is 0.111. The molecule has 0 bridgehead atoms. The minimum absolute atomic E-state index is 0.131. The van der Waals surface area contributed by atoms with Crippen molar-refractivity contribution < 1.29 is 23.8 Å². The summed E-state index contributed by atoms with van der Waals surface area (Å²) in [5.74, 6) is 0.192. The number of ketones is 1. The monoisotopic (exact) mass is 351 g/mol. The van der Waals surface area contributed by atoms with E-state index in [0.29, 0.717) is 22.6 Å². The number of nitrogens with zero attached hydrogens (tertiary/aromatic N) is 3. The first-order valence-corrected chi connectivity index (χ1v) is 7.76. The van der Waals surface area contributed by atoms with Crippen LogP contribution in [0.4, 0.5) is 0 Å². The van der Waals surface area contributed by atoms with Crippen LogP contribution in [0.25, 0.3) is 5.69 Å². The Hall–Kier alpha value is -3.68. The molecule has 0 radical (unpaired) electrons. The van der Waals surface area contributed by atoms with Gasteiger partial charge in [0.25, 0.3) is 0 Å². The summed E-state index contributed by atoms with van der Waals surface area (Å²) in [6.07, 6.45) is 2.97. The molecule has 26 heavy (non-hydrogen) atoms. The number of carbonyl (C=O) groups excluding carboxylic acids is 2. The third kappa shape index (κ3) is 3.12. The summed E-state index contributed by atoms with van der Waals surface area (Å²) >= 11 is 0. The number of fused-ring (bicyclic) bond motifs is 1. The molecular weight excluding hydrogens is 338 g/mol. The second-order valence-electron chi connectivity index (χ2n) is 5.45. The molecule has 0 saturated carbocycles. The minimum atomic E-state index is -0.579. The summed E-state index contributed by atoms with van der Waals surface area (Å²) in [4.78, 5) is 28.2. The normalized spacial score (nSPS) is 12.0. The van der Waals surface area contributed by atoms with Gasteiger partial charge in [-0.05, 0) is 42.5 Å². The Kier molecular flexibility index (Phi) is 4.06. The quantitative estimate of drug-likeness (QED) is 0.513. The number of hydrogen-bond donors (Lipinski definition) is 0. The largest absolute Gasteiger partial charge is 0.454 e. The molecule has 4 rings (SSSR count). The molecular formula is C18H13N3O5. The molecule has 1 aliphatic rings. The number of benzene rings is 2. The van der Waals surface area contributed by atoms with Gasteiger partial charge in [0, 0.05) is 5.56 Å².